The van der Waals surface area contributed by atoms with Gasteiger partial charge in [-0.2, -0.15) is 5.10 Å². The van der Waals surface area contributed by atoms with Crippen molar-refractivity contribution < 1.29 is 18.3 Å². The van der Waals surface area contributed by atoms with E-state index < -0.39 is 15.8 Å². The summed E-state index contributed by atoms with van der Waals surface area (Å²) < 4.78 is 27.5. The Morgan fingerprint density at radius 2 is 2.14 bits per heavy atom. The number of hydrogen-bond donors (Lipinski definition) is 1. The van der Waals surface area contributed by atoms with Gasteiger partial charge in [-0.05, 0) is 54.9 Å². The van der Waals surface area contributed by atoms with Crippen molar-refractivity contribution in [3.05, 3.63) is 45.7 Å². The summed E-state index contributed by atoms with van der Waals surface area (Å²) in [6.07, 6.45) is 4.87. The van der Waals surface area contributed by atoms with Crippen molar-refractivity contribution in [2.45, 2.75) is 50.0 Å². The SMILES string of the molecule is CCC(CS(=O)(=O)c1ccc(Cl)cc1Cl)C1CCCc2c1cnn2CC(=O)O. The van der Waals surface area contributed by atoms with E-state index in [2.05, 4.69) is 5.10 Å². The van der Waals surface area contributed by atoms with E-state index >= 15 is 0 Å². The molecule has 0 radical (unpaired) electrons. The minimum Gasteiger partial charge on any atom is -0.480 e. The van der Waals surface area contributed by atoms with E-state index in [4.69, 9.17) is 28.3 Å². The lowest BCUT2D eigenvalue weighted by Gasteiger charge is -2.30. The number of halogens is 2. The number of sulfone groups is 1. The third-order valence-electron chi connectivity index (χ3n) is 5.35. The smallest absolute Gasteiger partial charge is 0.325 e. The van der Waals surface area contributed by atoms with Crippen LogP contribution >= 0.6 is 23.2 Å². The van der Waals surface area contributed by atoms with Gasteiger partial charge >= 0.3 is 5.97 Å². The summed E-state index contributed by atoms with van der Waals surface area (Å²) in [6, 6.07) is 4.41. The lowest BCUT2D eigenvalue weighted by molar-refractivity contribution is -0.137. The van der Waals surface area contributed by atoms with E-state index in [1.165, 1.54) is 22.9 Å². The largest absolute Gasteiger partial charge is 0.480 e. The Morgan fingerprint density at radius 1 is 1.39 bits per heavy atom. The number of carboxylic acid groups (broad SMARTS) is 1. The minimum absolute atomic E-state index is 0.0251. The lowest BCUT2D eigenvalue weighted by Crippen LogP contribution is -2.26. The Morgan fingerprint density at radius 3 is 2.79 bits per heavy atom. The van der Waals surface area contributed by atoms with Gasteiger partial charge < -0.3 is 5.11 Å². The number of benzene rings is 1. The van der Waals surface area contributed by atoms with Crippen LogP contribution in [0.1, 0.15) is 43.4 Å². The normalized spacial score (nSPS) is 17.9. The standard InChI is InChI=1S/C19H22Cl2N2O4S/c1-2-12(11-28(26,27)18-7-6-13(20)8-16(18)21)14-4-3-5-17-15(14)9-22-23(17)10-19(24)25/h6-9,12,14H,2-5,10-11H2,1H3,(H,24,25). The number of carbonyl (C=O) groups is 1. The molecule has 1 N–H and O–H groups in total. The second-order valence-electron chi connectivity index (χ2n) is 7.12. The monoisotopic (exact) mass is 444 g/mol. The number of rotatable bonds is 7. The Balaban J connectivity index is 1.89. The molecule has 1 aromatic heterocycles. The average molecular weight is 445 g/mol. The van der Waals surface area contributed by atoms with Gasteiger partial charge in [-0.1, -0.05) is 36.5 Å². The second kappa shape index (κ2) is 8.43. The maximum Gasteiger partial charge on any atom is 0.325 e. The van der Waals surface area contributed by atoms with E-state index in [1.807, 2.05) is 6.92 Å². The van der Waals surface area contributed by atoms with E-state index in [0.717, 1.165) is 30.5 Å². The molecule has 6 nitrogen and oxygen atoms in total. The first-order valence-electron chi connectivity index (χ1n) is 9.17. The number of fused-ring (bicyclic) bond motifs is 1. The maximum absolute atomic E-state index is 13.0. The summed E-state index contributed by atoms with van der Waals surface area (Å²) in [5, 5.41) is 13.8. The highest BCUT2D eigenvalue weighted by Crippen LogP contribution is 2.40. The Bertz CT molecular complexity index is 988. The van der Waals surface area contributed by atoms with E-state index in [9.17, 15) is 13.2 Å². The molecule has 1 aliphatic rings. The first-order chi connectivity index (χ1) is 13.2. The van der Waals surface area contributed by atoms with Gasteiger partial charge in [0.1, 0.15) is 6.54 Å². The topological polar surface area (TPSA) is 89.3 Å². The van der Waals surface area contributed by atoms with Crippen molar-refractivity contribution >= 4 is 39.0 Å². The quantitative estimate of drug-likeness (QED) is 0.690. The molecule has 3 rings (SSSR count). The number of aromatic nitrogens is 2. The van der Waals surface area contributed by atoms with Crippen LogP contribution in [0.15, 0.2) is 29.3 Å². The third kappa shape index (κ3) is 4.36. The molecule has 2 atom stereocenters. The van der Waals surface area contributed by atoms with Crippen LogP contribution in [0, 0.1) is 5.92 Å². The summed E-state index contributed by atoms with van der Waals surface area (Å²) in [5.41, 5.74) is 1.87. The number of carboxylic acids is 1. The molecule has 0 bridgehead atoms. The van der Waals surface area contributed by atoms with Crippen LogP contribution in [0.4, 0.5) is 0 Å². The van der Waals surface area contributed by atoms with Crippen molar-refractivity contribution in [3.63, 3.8) is 0 Å². The highest BCUT2D eigenvalue weighted by molar-refractivity contribution is 7.91. The van der Waals surface area contributed by atoms with E-state index in [1.54, 1.807) is 6.20 Å². The van der Waals surface area contributed by atoms with Gasteiger partial charge in [-0.3, -0.25) is 9.48 Å². The predicted octanol–water partition coefficient (Wildman–Crippen LogP) is 4.19. The van der Waals surface area contributed by atoms with Gasteiger partial charge in [0.25, 0.3) is 0 Å². The van der Waals surface area contributed by atoms with E-state index in [-0.39, 0.29) is 34.1 Å². The molecule has 1 heterocycles. The fourth-order valence-electron chi connectivity index (χ4n) is 4.02. The molecule has 2 aromatic rings. The maximum atomic E-state index is 13.0. The molecule has 1 aliphatic carbocycles. The van der Waals surface area contributed by atoms with E-state index in [0.29, 0.717) is 11.4 Å². The summed E-state index contributed by atoms with van der Waals surface area (Å²) in [5.74, 6) is -1.06. The molecule has 9 heteroatoms. The molecule has 0 fully saturated rings. The van der Waals surface area contributed by atoms with Crippen molar-refractivity contribution in [1.82, 2.24) is 9.78 Å². The summed E-state index contributed by atoms with van der Waals surface area (Å²) in [6.45, 7) is 1.79. The van der Waals surface area contributed by atoms with Crippen LogP contribution in [0.3, 0.4) is 0 Å². The third-order valence-corrected chi connectivity index (χ3v) is 7.90. The van der Waals surface area contributed by atoms with Crippen LogP contribution in [0.2, 0.25) is 10.0 Å². The Hall–Kier alpha value is -1.57. The minimum atomic E-state index is -3.60. The van der Waals surface area contributed by atoms with Gasteiger partial charge in [-0.25, -0.2) is 8.42 Å². The number of hydrogen-bond acceptors (Lipinski definition) is 4. The molecule has 0 spiro atoms. The fourth-order valence-corrected chi connectivity index (χ4v) is 6.63. The fraction of sp³-hybridized carbons (Fsp3) is 0.474. The van der Waals surface area contributed by atoms with Crippen LogP contribution in [0.5, 0.6) is 0 Å². The van der Waals surface area contributed by atoms with Gasteiger partial charge in [0.2, 0.25) is 0 Å². The van der Waals surface area contributed by atoms with Crippen molar-refractivity contribution in [2.75, 3.05) is 5.75 Å². The van der Waals surface area contributed by atoms with Crippen LogP contribution in [-0.4, -0.2) is 35.0 Å². The van der Waals surface area contributed by atoms with Crippen molar-refractivity contribution in [1.29, 1.82) is 0 Å². The van der Waals surface area contributed by atoms with Gasteiger partial charge in [0, 0.05) is 10.7 Å². The zero-order valence-electron chi connectivity index (χ0n) is 15.4. The molecular weight excluding hydrogens is 423 g/mol. The van der Waals surface area contributed by atoms with Crippen LogP contribution in [-0.2, 0) is 27.6 Å². The number of nitrogens with zero attached hydrogens (tertiary/aromatic N) is 2. The van der Waals surface area contributed by atoms with Gasteiger partial charge in [0.05, 0.1) is 21.9 Å². The molecule has 1 aromatic carbocycles. The lowest BCUT2D eigenvalue weighted by atomic mass is 9.78. The second-order valence-corrected chi connectivity index (χ2v) is 9.97. The molecular formula is C19H22Cl2N2O4S. The average Bonchev–Trinajstić information content (AvgIpc) is 3.02. The van der Waals surface area contributed by atoms with Crippen molar-refractivity contribution in [3.8, 4) is 0 Å². The highest BCUT2D eigenvalue weighted by Gasteiger charge is 2.33. The molecule has 0 saturated heterocycles. The van der Waals surface area contributed by atoms with Gasteiger partial charge in [0.15, 0.2) is 9.84 Å². The Kier molecular flexibility index (Phi) is 6.37. The first-order valence-corrected chi connectivity index (χ1v) is 11.6. The van der Waals surface area contributed by atoms with Gasteiger partial charge in [-0.15, -0.1) is 0 Å². The summed E-state index contributed by atoms with van der Waals surface area (Å²) >= 11 is 12.0. The number of aliphatic carboxylic acids is 1. The highest BCUT2D eigenvalue weighted by atomic mass is 35.5. The van der Waals surface area contributed by atoms with Crippen LogP contribution < -0.4 is 0 Å². The Labute approximate surface area is 174 Å². The molecule has 0 saturated carbocycles. The summed E-state index contributed by atoms with van der Waals surface area (Å²) in [4.78, 5) is 11.2. The van der Waals surface area contributed by atoms with Crippen LogP contribution in [0.25, 0.3) is 0 Å². The molecule has 0 aliphatic heterocycles. The predicted molar refractivity (Wildman–Crippen MR) is 108 cm³/mol. The molecule has 152 valence electrons. The zero-order chi connectivity index (χ0) is 20.5. The molecule has 2 unspecified atom stereocenters. The zero-order valence-corrected chi connectivity index (χ0v) is 17.8. The first kappa shape index (κ1) is 21.1. The molecule has 28 heavy (non-hydrogen) atoms. The molecule has 0 amide bonds. The van der Waals surface area contributed by atoms with Crippen molar-refractivity contribution in [2.24, 2.45) is 5.92 Å². The summed E-state index contributed by atoms with van der Waals surface area (Å²) in [7, 11) is -3.60.